The molecule has 1 N–H and O–H groups in total. The van der Waals surface area contributed by atoms with E-state index in [1.807, 2.05) is 36.4 Å². The summed E-state index contributed by atoms with van der Waals surface area (Å²) in [5, 5.41) is 17.8. The molecule has 0 spiro atoms. The van der Waals surface area contributed by atoms with Crippen molar-refractivity contribution in [3.63, 3.8) is 0 Å². The van der Waals surface area contributed by atoms with Crippen LogP contribution >= 0.6 is 0 Å². The first-order valence-electron chi connectivity index (χ1n) is 6.99. The molecule has 3 nitrogen and oxygen atoms in total. The van der Waals surface area contributed by atoms with Crippen molar-refractivity contribution in [2.24, 2.45) is 0 Å². The van der Waals surface area contributed by atoms with E-state index in [4.69, 9.17) is 10.4 Å². The van der Waals surface area contributed by atoms with Crippen LogP contribution < -0.4 is 0 Å². The van der Waals surface area contributed by atoms with Crippen LogP contribution in [-0.4, -0.2) is 11.1 Å². The molecule has 0 fully saturated rings. The van der Waals surface area contributed by atoms with Gasteiger partial charge in [0.2, 0.25) is 0 Å². The number of carboxylic acid groups (broad SMARTS) is 1. The lowest BCUT2D eigenvalue weighted by Crippen LogP contribution is -2.02. The van der Waals surface area contributed by atoms with Crippen molar-refractivity contribution in [2.75, 3.05) is 0 Å². The van der Waals surface area contributed by atoms with Gasteiger partial charge in [0.05, 0.1) is 17.2 Å². The third kappa shape index (κ3) is 3.49. The van der Waals surface area contributed by atoms with Crippen LogP contribution in [0.3, 0.4) is 0 Å². The second kappa shape index (κ2) is 6.71. The van der Waals surface area contributed by atoms with E-state index < -0.39 is 5.97 Å². The molecule has 0 saturated heterocycles. The molecule has 0 aliphatic rings. The fraction of sp³-hybridized carbons (Fsp3) is 0.222. The number of rotatable bonds is 5. The normalized spacial score (nSPS) is 11.6. The number of hydrogen-bond donors (Lipinski definition) is 1. The van der Waals surface area contributed by atoms with Crippen LogP contribution in [0.25, 0.3) is 0 Å². The number of benzene rings is 2. The van der Waals surface area contributed by atoms with Crippen molar-refractivity contribution >= 4 is 5.97 Å². The Balaban J connectivity index is 2.33. The molecule has 0 radical (unpaired) electrons. The van der Waals surface area contributed by atoms with Crippen LogP contribution in [0, 0.1) is 11.3 Å². The fourth-order valence-electron chi connectivity index (χ4n) is 2.46. The number of hydrogen-bond acceptors (Lipinski definition) is 2. The molecular weight excluding hydrogens is 262 g/mol. The molecule has 1 atom stereocenters. The van der Waals surface area contributed by atoms with Gasteiger partial charge in [-0.15, -0.1) is 0 Å². The summed E-state index contributed by atoms with van der Waals surface area (Å²) < 4.78 is 0. The van der Waals surface area contributed by atoms with Gasteiger partial charge in [0, 0.05) is 5.92 Å². The quantitative estimate of drug-likeness (QED) is 0.892. The maximum atomic E-state index is 10.9. The summed E-state index contributed by atoms with van der Waals surface area (Å²) in [6.45, 7) is 2.13. The highest BCUT2D eigenvalue weighted by molar-refractivity contribution is 5.87. The monoisotopic (exact) mass is 279 g/mol. The van der Waals surface area contributed by atoms with Crippen LogP contribution in [0.2, 0.25) is 0 Å². The van der Waals surface area contributed by atoms with E-state index in [1.54, 1.807) is 12.1 Å². The Morgan fingerprint density at radius 1 is 1.10 bits per heavy atom. The first-order valence-corrected chi connectivity index (χ1v) is 6.99. The van der Waals surface area contributed by atoms with Gasteiger partial charge in [-0.25, -0.2) is 4.79 Å². The first kappa shape index (κ1) is 14.8. The first-order chi connectivity index (χ1) is 10.2. The average molecular weight is 279 g/mol. The van der Waals surface area contributed by atoms with Crippen molar-refractivity contribution in [1.29, 1.82) is 5.26 Å². The molecule has 0 aromatic heterocycles. The van der Waals surface area contributed by atoms with Gasteiger partial charge >= 0.3 is 5.97 Å². The lowest BCUT2D eigenvalue weighted by Gasteiger charge is -2.17. The lowest BCUT2D eigenvalue weighted by molar-refractivity contribution is 0.0697. The van der Waals surface area contributed by atoms with E-state index in [0.29, 0.717) is 11.1 Å². The van der Waals surface area contributed by atoms with Crippen LogP contribution in [0.15, 0.2) is 48.5 Å². The Bertz CT molecular complexity index is 651. The van der Waals surface area contributed by atoms with E-state index in [-0.39, 0.29) is 5.92 Å². The Morgan fingerprint density at radius 2 is 1.62 bits per heavy atom. The Hall–Kier alpha value is -2.60. The van der Waals surface area contributed by atoms with Crippen LogP contribution in [-0.2, 0) is 0 Å². The van der Waals surface area contributed by atoms with Crippen molar-refractivity contribution < 1.29 is 9.90 Å². The van der Waals surface area contributed by atoms with Crippen LogP contribution in [0.4, 0.5) is 0 Å². The van der Waals surface area contributed by atoms with Gasteiger partial charge in [0.25, 0.3) is 0 Å². The largest absolute Gasteiger partial charge is 0.478 e. The van der Waals surface area contributed by atoms with Crippen molar-refractivity contribution in [2.45, 2.75) is 25.7 Å². The highest BCUT2D eigenvalue weighted by atomic mass is 16.4. The second-order valence-electron chi connectivity index (χ2n) is 5.00. The summed E-state index contributed by atoms with van der Waals surface area (Å²) in [5.74, 6) is -0.683. The van der Waals surface area contributed by atoms with E-state index in [1.165, 1.54) is 0 Å². The minimum Gasteiger partial charge on any atom is -0.478 e. The Kier molecular flexibility index (Phi) is 4.73. The molecule has 2 rings (SSSR count). The third-order valence-corrected chi connectivity index (χ3v) is 3.58. The van der Waals surface area contributed by atoms with Gasteiger partial charge in [-0.1, -0.05) is 37.6 Å². The van der Waals surface area contributed by atoms with Crippen molar-refractivity contribution in [3.05, 3.63) is 70.8 Å². The minimum atomic E-state index is -0.910. The van der Waals surface area contributed by atoms with Crippen LogP contribution in [0.1, 0.15) is 52.7 Å². The predicted octanol–water partition coefficient (Wildman–Crippen LogP) is 4.19. The summed E-state index contributed by atoms with van der Waals surface area (Å²) in [6.07, 6.45) is 2.02. The minimum absolute atomic E-state index is 0.227. The van der Waals surface area contributed by atoms with Crippen molar-refractivity contribution in [1.82, 2.24) is 0 Å². The zero-order valence-corrected chi connectivity index (χ0v) is 11.9. The lowest BCUT2D eigenvalue weighted by atomic mass is 9.87. The summed E-state index contributed by atoms with van der Waals surface area (Å²) in [5.41, 5.74) is 3.20. The molecule has 3 heteroatoms. The third-order valence-electron chi connectivity index (χ3n) is 3.58. The molecule has 1 unspecified atom stereocenters. The molecule has 0 bridgehead atoms. The summed E-state index contributed by atoms with van der Waals surface area (Å²) in [7, 11) is 0. The zero-order chi connectivity index (χ0) is 15.2. The van der Waals surface area contributed by atoms with E-state index in [2.05, 4.69) is 13.0 Å². The maximum absolute atomic E-state index is 10.9. The SMILES string of the molecule is CCCC(c1ccc(C#N)cc1)c1ccc(C(=O)O)cc1. The number of nitrogens with zero attached hydrogens (tertiary/aromatic N) is 1. The van der Waals surface area contributed by atoms with E-state index in [0.717, 1.165) is 24.0 Å². The van der Waals surface area contributed by atoms with E-state index >= 15 is 0 Å². The van der Waals surface area contributed by atoms with Crippen molar-refractivity contribution in [3.8, 4) is 6.07 Å². The van der Waals surface area contributed by atoms with Gasteiger partial charge < -0.3 is 5.11 Å². The molecule has 0 saturated carbocycles. The number of aromatic carboxylic acids is 1. The highest BCUT2D eigenvalue weighted by Gasteiger charge is 2.14. The molecule has 0 aliphatic heterocycles. The summed E-state index contributed by atoms with van der Waals surface area (Å²) >= 11 is 0. The smallest absolute Gasteiger partial charge is 0.335 e. The molecule has 0 amide bonds. The molecule has 0 heterocycles. The number of carboxylic acids is 1. The molecular formula is C18H17NO2. The average Bonchev–Trinajstić information content (AvgIpc) is 2.53. The van der Waals surface area contributed by atoms with Gasteiger partial charge in [-0.3, -0.25) is 0 Å². The molecule has 2 aromatic carbocycles. The molecule has 0 aliphatic carbocycles. The van der Waals surface area contributed by atoms with Crippen LogP contribution in [0.5, 0.6) is 0 Å². The number of nitriles is 1. The Labute approximate surface area is 124 Å². The Morgan fingerprint density at radius 3 is 2.05 bits per heavy atom. The molecule has 106 valence electrons. The topological polar surface area (TPSA) is 61.1 Å². The van der Waals surface area contributed by atoms with Gasteiger partial charge in [0.1, 0.15) is 0 Å². The predicted molar refractivity (Wildman–Crippen MR) is 81.3 cm³/mol. The summed E-state index contributed by atoms with van der Waals surface area (Å²) in [6, 6.07) is 16.8. The van der Waals surface area contributed by atoms with Gasteiger partial charge in [-0.05, 0) is 41.8 Å². The van der Waals surface area contributed by atoms with Gasteiger partial charge in [-0.2, -0.15) is 5.26 Å². The highest BCUT2D eigenvalue weighted by Crippen LogP contribution is 2.29. The number of carbonyl (C=O) groups is 1. The molecule has 21 heavy (non-hydrogen) atoms. The summed E-state index contributed by atoms with van der Waals surface area (Å²) in [4.78, 5) is 10.9. The van der Waals surface area contributed by atoms with E-state index in [9.17, 15) is 4.79 Å². The van der Waals surface area contributed by atoms with Gasteiger partial charge in [0.15, 0.2) is 0 Å². The zero-order valence-electron chi connectivity index (χ0n) is 11.9. The second-order valence-corrected chi connectivity index (χ2v) is 5.00. The fourth-order valence-corrected chi connectivity index (χ4v) is 2.46. The maximum Gasteiger partial charge on any atom is 0.335 e. The molecule has 2 aromatic rings. The standard InChI is InChI=1S/C18H17NO2/c1-2-3-17(14-6-4-13(12-19)5-7-14)15-8-10-16(11-9-15)18(20)21/h4-11,17H,2-3H2,1H3,(H,20,21).